The monoisotopic (exact) mass is 182 g/mol. The molecule has 0 aromatic heterocycles. The first kappa shape index (κ1) is 8.18. The van der Waals surface area contributed by atoms with Crippen molar-refractivity contribution in [2.45, 2.75) is 13.0 Å². The van der Waals surface area contributed by atoms with Crippen LogP contribution in [0.15, 0.2) is 30.3 Å². The van der Waals surface area contributed by atoms with Crippen molar-refractivity contribution in [3.63, 3.8) is 0 Å². The lowest BCUT2D eigenvalue weighted by molar-refractivity contribution is 0.262. The fourth-order valence-electron chi connectivity index (χ4n) is 1.08. The molecule has 2 nitrogen and oxygen atoms in total. The molecule has 0 aliphatic carbocycles. The van der Waals surface area contributed by atoms with Gasteiger partial charge in [0.1, 0.15) is 0 Å². The Labute approximate surface area is 73.4 Å². The van der Waals surface area contributed by atoms with Gasteiger partial charge in [-0.2, -0.15) is 0 Å². The van der Waals surface area contributed by atoms with E-state index in [0.29, 0.717) is 0 Å². The van der Waals surface area contributed by atoms with Gasteiger partial charge >= 0.3 is 0 Å². The second kappa shape index (κ2) is 3.53. The molecule has 0 unspecified atom stereocenters. The van der Waals surface area contributed by atoms with E-state index in [1.165, 1.54) is 0 Å². The van der Waals surface area contributed by atoms with Crippen molar-refractivity contribution in [3.05, 3.63) is 30.3 Å². The van der Waals surface area contributed by atoms with E-state index in [-0.39, 0.29) is 6.10 Å². The fourth-order valence-corrected chi connectivity index (χ4v) is 2.56. The van der Waals surface area contributed by atoms with E-state index in [1.54, 1.807) is 0 Å². The second-order valence-electron chi connectivity index (χ2n) is 2.80. The standard InChI is InChI=1S/C9H11O2P/c1-8-7-10-12(11-8)9-5-3-2-4-6-9/h2-6,8H,7H2,1H3/t8-,12+/m1/s1. The number of rotatable bonds is 1. The summed E-state index contributed by atoms with van der Waals surface area (Å²) in [6.07, 6.45) is 0.247. The number of hydrogen-bond donors (Lipinski definition) is 0. The van der Waals surface area contributed by atoms with Crippen LogP contribution in [0.3, 0.4) is 0 Å². The lowest BCUT2D eigenvalue weighted by Gasteiger charge is -2.07. The predicted molar refractivity (Wildman–Crippen MR) is 49.5 cm³/mol. The zero-order chi connectivity index (χ0) is 8.39. The summed E-state index contributed by atoms with van der Waals surface area (Å²) in [5.74, 6) is 0. The maximum absolute atomic E-state index is 5.59. The van der Waals surface area contributed by atoms with Gasteiger partial charge in [-0.05, 0) is 19.1 Å². The van der Waals surface area contributed by atoms with Crippen molar-refractivity contribution in [2.24, 2.45) is 0 Å². The lowest BCUT2D eigenvalue weighted by atomic mass is 10.4. The van der Waals surface area contributed by atoms with Crippen molar-refractivity contribution in [3.8, 4) is 0 Å². The van der Waals surface area contributed by atoms with E-state index in [9.17, 15) is 0 Å². The highest BCUT2D eigenvalue weighted by atomic mass is 31.2. The van der Waals surface area contributed by atoms with Crippen LogP contribution in [-0.4, -0.2) is 12.7 Å². The molecule has 1 aliphatic rings. The Morgan fingerprint density at radius 3 is 2.67 bits per heavy atom. The fraction of sp³-hybridized carbons (Fsp3) is 0.333. The summed E-state index contributed by atoms with van der Waals surface area (Å²) in [5, 5.41) is 1.16. The molecular weight excluding hydrogens is 171 g/mol. The average Bonchev–Trinajstić information content (AvgIpc) is 2.54. The molecule has 1 aromatic carbocycles. The van der Waals surface area contributed by atoms with Gasteiger partial charge in [-0.25, -0.2) is 0 Å². The lowest BCUT2D eigenvalue weighted by Crippen LogP contribution is -2.01. The Morgan fingerprint density at radius 2 is 2.08 bits per heavy atom. The van der Waals surface area contributed by atoms with Crippen LogP contribution in [0.2, 0.25) is 0 Å². The molecule has 1 aliphatic heterocycles. The summed E-state index contributed by atoms with van der Waals surface area (Å²) >= 11 is 0. The SMILES string of the molecule is C[C@@H]1CO[P@](c2ccccc2)O1. The Kier molecular flexibility index (Phi) is 2.40. The Hall–Kier alpha value is -0.430. The van der Waals surface area contributed by atoms with Crippen LogP contribution >= 0.6 is 8.38 Å². The van der Waals surface area contributed by atoms with Gasteiger partial charge in [-0.3, -0.25) is 0 Å². The third-order valence-electron chi connectivity index (χ3n) is 1.67. The minimum atomic E-state index is -0.780. The van der Waals surface area contributed by atoms with Crippen LogP contribution in [0, 0.1) is 0 Å². The van der Waals surface area contributed by atoms with Crippen LogP contribution in [0.5, 0.6) is 0 Å². The summed E-state index contributed by atoms with van der Waals surface area (Å²) in [5.41, 5.74) is 0. The van der Waals surface area contributed by atoms with Crippen LogP contribution in [0.1, 0.15) is 6.92 Å². The molecule has 2 atom stereocenters. The van der Waals surface area contributed by atoms with Crippen molar-refractivity contribution in [1.82, 2.24) is 0 Å². The van der Waals surface area contributed by atoms with Crippen LogP contribution in [-0.2, 0) is 9.05 Å². The average molecular weight is 182 g/mol. The molecule has 64 valence electrons. The quantitative estimate of drug-likeness (QED) is 0.619. The predicted octanol–water partition coefficient (Wildman–Crippen LogP) is 2.06. The first-order valence-electron chi connectivity index (χ1n) is 4.01. The zero-order valence-corrected chi connectivity index (χ0v) is 7.83. The molecule has 0 N–H and O–H groups in total. The summed E-state index contributed by atoms with van der Waals surface area (Å²) in [4.78, 5) is 0. The van der Waals surface area contributed by atoms with Crippen molar-refractivity contribution in [1.29, 1.82) is 0 Å². The normalized spacial score (nSPS) is 29.1. The summed E-state index contributed by atoms with van der Waals surface area (Å²) in [6.45, 7) is 2.76. The highest BCUT2D eigenvalue weighted by molar-refractivity contribution is 7.56. The maximum atomic E-state index is 5.59. The van der Waals surface area contributed by atoms with E-state index in [2.05, 4.69) is 0 Å². The van der Waals surface area contributed by atoms with Crippen molar-refractivity contribution >= 4 is 13.7 Å². The van der Waals surface area contributed by atoms with Gasteiger partial charge < -0.3 is 9.05 Å². The topological polar surface area (TPSA) is 18.5 Å². The number of benzene rings is 1. The number of hydrogen-bond acceptors (Lipinski definition) is 2. The Morgan fingerprint density at radius 1 is 1.33 bits per heavy atom. The van der Waals surface area contributed by atoms with Gasteiger partial charge in [0, 0.05) is 5.30 Å². The maximum Gasteiger partial charge on any atom is 0.205 e. The largest absolute Gasteiger partial charge is 0.328 e. The molecule has 0 saturated carbocycles. The molecule has 0 bridgehead atoms. The molecule has 3 heteroatoms. The first-order chi connectivity index (χ1) is 5.86. The highest BCUT2D eigenvalue weighted by Gasteiger charge is 2.24. The molecule has 0 radical (unpaired) electrons. The minimum absolute atomic E-state index is 0.247. The van der Waals surface area contributed by atoms with Gasteiger partial charge in [0.25, 0.3) is 0 Å². The van der Waals surface area contributed by atoms with Crippen LogP contribution in [0.4, 0.5) is 0 Å². The van der Waals surface area contributed by atoms with Gasteiger partial charge in [-0.1, -0.05) is 18.2 Å². The van der Waals surface area contributed by atoms with Gasteiger partial charge in [0.2, 0.25) is 8.38 Å². The molecule has 1 fully saturated rings. The summed E-state index contributed by atoms with van der Waals surface area (Å²) in [7, 11) is -0.780. The highest BCUT2D eigenvalue weighted by Crippen LogP contribution is 2.43. The first-order valence-corrected chi connectivity index (χ1v) is 5.19. The van der Waals surface area contributed by atoms with E-state index in [0.717, 1.165) is 11.9 Å². The third-order valence-corrected chi connectivity index (χ3v) is 3.32. The second-order valence-corrected chi connectivity index (χ2v) is 4.30. The van der Waals surface area contributed by atoms with E-state index in [1.807, 2.05) is 37.3 Å². The zero-order valence-electron chi connectivity index (χ0n) is 6.93. The van der Waals surface area contributed by atoms with E-state index < -0.39 is 8.38 Å². The van der Waals surface area contributed by atoms with Crippen LogP contribution in [0.25, 0.3) is 0 Å². The molecule has 1 aromatic rings. The Bertz CT molecular complexity index is 250. The summed E-state index contributed by atoms with van der Waals surface area (Å²) in [6, 6.07) is 10.1. The van der Waals surface area contributed by atoms with Gasteiger partial charge in [0.15, 0.2) is 0 Å². The van der Waals surface area contributed by atoms with E-state index in [4.69, 9.17) is 9.05 Å². The van der Waals surface area contributed by atoms with Crippen molar-refractivity contribution < 1.29 is 9.05 Å². The van der Waals surface area contributed by atoms with E-state index >= 15 is 0 Å². The smallest absolute Gasteiger partial charge is 0.205 e. The third kappa shape index (κ3) is 1.66. The molecule has 12 heavy (non-hydrogen) atoms. The molecular formula is C9H11O2P. The minimum Gasteiger partial charge on any atom is -0.328 e. The van der Waals surface area contributed by atoms with Gasteiger partial charge in [-0.15, -0.1) is 0 Å². The Balaban J connectivity index is 2.11. The molecule has 2 rings (SSSR count). The van der Waals surface area contributed by atoms with Crippen LogP contribution < -0.4 is 5.30 Å². The molecule has 1 heterocycles. The molecule has 0 spiro atoms. The molecule has 1 saturated heterocycles. The van der Waals surface area contributed by atoms with Crippen molar-refractivity contribution in [2.75, 3.05) is 6.61 Å². The molecule has 0 amide bonds. The summed E-state index contributed by atoms with van der Waals surface area (Å²) < 4.78 is 11.1. The van der Waals surface area contributed by atoms with Gasteiger partial charge in [0.05, 0.1) is 12.7 Å².